The molecule has 0 aliphatic heterocycles. The predicted molar refractivity (Wildman–Crippen MR) is 75.0 cm³/mol. The summed E-state index contributed by atoms with van der Waals surface area (Å²) in [5, 5.41) is 4.34. The van der Waals surface area contributed by atoms with Crippen LogP contribution in [0.5, 0.6) is 0 Å². The summed E-state index contributed by atoms with van der Waals surface area (Å²) in [6, 6.07) is 7.89. The molecule has 0 radical (unpaired) electrons. The van der Waals surface area contributed by atoms with E-state index in [2.05, 4.69) is 31.1 Å². The van der Waals surface area contributed by atoms with Crippen LogP contribution in [0.1, 0.15) is 37.6 Å². The van der Waals surface area contributed by atoms with Crippen molar-refractivity contribution in [3.05, 3.63) is 36.0 Å². The fraction of sp³-hybridized carbons (Fsp3) is 0.400. The first-order chi connectivity index (χ1) is 8.47. The highest BCUT2D eigenvalue weighted by molar-refractivity contribution is 6.07. The number of Topliss-reactive ketones (excluding diaryl/α,β-unsaturated/α-hetero) is 1. The number of benzene rings is 1. The molecule has 0 bridgehead atoms. The van der Waals surface area contributed by atoms with E-state index in [4.69, 9.17) is 0 Å². The van der Waals surface area contributed by atoms with Crippen LogP contribution in [-0.2, 0) is 0 Å². The molecule has 0 fully saturated rings. The zero-order valence-corrected chi connectivity index (χ0v) is 11.2. The van der Waals surface area contributed by atoms with E-state index in [9.17, 15) is 4.79 Å². The van der Waals surface area contributed by atoms with Gasteiger partial charge in [0.2, 0.25) is 0 Å². The predicted octanol–water partition coefficient (Wildman–Crippen LogP) is 3.13. The first-order valence-corrected chi connectivity index (χ1v) is 6.32. The quantitative estimate of drug-likeness (QED) is 0.812. The van der Waals surface area contributed by atoms with Crippen molar-refractivity contribution in [2.75, 3.05) is 6.54 Å². The standard InChI is InChI=1S/C15H20N2O/c1-15(2,3)17-9-8-14(18)12-10-16-13-7-5-4-6-11(12)13/h4-7,10,16-17H,8-9H2,1-3H3. The second-order valence-electron chi connectivity index (χ2n) is 5.60. The number of H-pyrrole nitrogens is 1. The minimum absolute atomic E-state index is 0.0560. The minimum atomic E-state index is 0.0560. The first kappa shape index (κ1) is 12.8. The Kier molecular flexibility index (Phi) is 3.53. The van der Waals surface area contributed by atoms with Crippen molar-refractivity contribution in [2.24, 2.45) is 0 Å². The molecule has 0 amide bonds. The van der Waals surface area contributed by atoms with E-state index in [1.54, 1.807) is 0 Å². The molecule has 0 aliphatic rings. The average molecular weight is 244 g/mol. The zero-order chi connectivity index (χ0) is 13.2. The molecule has 1 aromatic heterocycles. The van der Waals surface area contributed by atoms with E-state index >= 15 is 0 Å². The van der Waals surface area contributed by atoms with Crippen LogP contribution in [0.3, 0.4) is 0 Å². The maximum atomic E-state index is 12.1. The van der Waals surface area contributed by atoms with Crippen LogP contribution in [0.15, 0.2) is 30.5 Å². The smallest absolute Gasteiger partial charge is 0.166 e. The van der Waals surface area contributed by atoms with Gasteiger partial charge in [-0.2, -0.15) is 0 Å². The lowest BCUT2D eigenvalue weighted by Gasteiger charge is -2.19. The third-order valence-corrected chi connectivity index (χ3v) is 2.90. The zero-order valence-electron chi connectivity index (χ0n) is 11.2. The molecule has 0 aliphatic carbocycles. The van der Waals surface area contributed by atoms with Gasteiger partial charge in [-0.05, 0) is 26.8 Å². The SMILES string of the molecule is CC(C)(C)NCCC(=O)c1c[nH]c2ccccc12. The lowest BCUT2D eigenvalue weighted by atomic mass is 10.1. The van der Waals surface area contributed by atoms with E-state index in [-0.39, 0.29) is 11.3 Å². The number of fused-ring (bicyclic) bond motifs is 1. The summed E-state index contributed by atoms with van der Waals surface area (Å²) in [5.41, 5.74) is 1.87. The van der Waals surface area contributed by atoms with E-state index in [1.807, 2.05) is 30.5 Å². The Morgan fingerprint density at radius 2 is 2.00 bits per heavy atom. The van der Waals surface area contributed by atoms with Crippen molar-refractivity contribution >= 4 is 16.7 Å². The second kappa shape index (κ2) is 4.94. The first-order valence-electron chi connectivity index (χ1n) is 6.32. The van der Waals surface area contributed by atoms with Crippen molar-refractivity contribution in [3.63, 3.8) is 0 Å². The normalized spacial score (nSPS) is 11.9. The number of aromatic nitrogens is 1. The van der Waals surface area contributed by atoms with Crippen LogP contribution < -0.4 is 5.32 Å². The summed E-state index contributed by atoms with van der Waals surface area (Å²) in [5.74, 6) is 0.184. The molecule has 0 spiro atoms. The molecule has 2 rings (SSSR count). The van der Waals surface area contributed by atoms with E-state index in [0.29, 0.717) is 13.0 Å². The summed E-state index contributed by atoms with van der Waals surface area (Å²) in [6.45, 7) is 7.01. The number of aromatic amines is 1. The Bertz CT molecular complexity index is 549. The monoisotopic (exact) mass is 244 g/mol. The maximum Gasteiger partial charge on any atom is 0.166 e. The number of para-hydroxylation sites is 1. The third kappa shape index (κ3) is 2.99. The molecule has 0 unspecified atom stereocenters. The van der Waals surface area contributed by atoms with E-state index in [1.165, 1.54) is 0 Å². The molecule has 0 saturated carbocycles. The Labute approximate surface area is 108 Å². The fourth-order valence-corrected chi connectivity index (χ4v) is 1.99. The van der Waals surface area contributed by atoms with Crippen LogP contribution in [-0.4, -0.2) is 22.9 Å². The molecule has 0 atom stereocenters. The van der Waals surface area contributed by atoms with Crippen molar-refractivity contribution < 1.29 is 4.79 Å². The molecule has 3 nitrogen and oxygen atoms in total. The summed E-state index contributed by atoms with van der Waals surface area (Å²) in [6.07, 6.45) is 2.34. The van der Waals surface area contributed by atoms with Gasteiger partial charge in [-0.25, -0.2) is 0 Å². The third-order valence-electron chi connectivity index (χ3n) is 2.90. The minimum Gasteiger partial charge on any atom is -0.360 e. The fourth-order valence-electron chi connectivity index (χ4n) is 1.99. The Morgan fingerprint density at radius 3 is 2.72 bits per heavy atom. The summed E-state index contributed by atoms with van der Waals surface area (Å²) in [4.78, 5) is 15.3. The van der Waals surface area contributed by atoms with Gasteiger partial charge in [0.05, 0.1) is 0 Å². The van der Waals surface area contributed by atoms with Crippen LogP contribution in [0.25, 0.3) is 10.9 Å². The number of rotatable bonds is 4. The Balaban J connectivity index is 2.05. The number of hydrogen-bond acceptors (Lipinski definition) is 2. The molecule has 0 saturated heterocycles. The van der Waals surface area contributed by atoms with Crippen LogP contribution in [0.2, 0.25) is 0 Å². The number of hydrogen-bond donors (Lipinski definition) is 2. The van der Waals surface area contributed by atoms with Gasteiger partial charge in [0, 0.05) is 41.2 Å². The van der Waals surface area contributed by atoms with Gasteiger partial charge in [0.1, 0.15) is 0 Å². The van der Waals surface area contributed by atoms with E-state index < -0.39 is 0 Å². The lowest BCUT2D eigenvalue weighted by Crippen LogP contribution is -2.37. The largest absolute Gasteiger partial charge is 0.360 e. The number of carbonyl (C=O) groups is 1. The van der Waals surface area contributed by atoms with Crippen molar-refractivity contribution in [3.8, 4) is 0 Å². The highest BCUT2D eigenvalue weighted by atomic mass is 16.1. The molecular weight excluding hydrogens is 224 g/mol. The Morgan fingerprint density at radius 1 is 1.28 bits per heavy atom. The van der Waals surface area contributed by atoms with Crippen molar-refractivity contribution in [1.82, 2.24) is 10.3 Å². The van der Waals surface area contributed by atoms with Gasteiger partial charge in [0.15, 0.2) is 5.78 Å². The molecule has 1 heterocycles. The Hall–Kier alpha value is -1.61. The number of carbonyl (C=O) groups excluding carboxylic acids is 1. The van der Waals surface area contributed by atoms with Crippen LogP contribution >= 0.6 is 0 Å². The maximum absolute atomic E-state index is 12.1. The van der Waals surface area contributed by atoms with Gasteiger partial charge in [0.25, 0.3) is 0 Å². The molecule has 3 heteroatoms. The van der Waals surface area contributed by atoms with Gasteiger partial charge < -0.3 is 10.3 Å². The molecule has 1 aromatic carbocycles. The van der Waals surface area contributed by atoms with Crippen LogP contribution in [0.4, 0.5) is 0 Å². The topological polar surface area (TPSA) is 44.9 Å². The molecular formula is C15H20N2O. The summed E-state index contributed by atoms with van der Waals surface area (Å²) in [7, 11) is 0. The van der Waals surface area contributed by atoms with Gasteiger partial charge >= 0.3 is 0 Å². The van der Waals surface area contributed by atoms with Gasteiger partial charge in [-0.3, -0.25) is 4.79 Å². The van der Waals surface area contributed by atoms with Crippen molar-refractivity contribution in [2.45, 2.75) is 32.7 Å². The number of nitrogens with one attached hydrogen (secondary N) is 2. The van der Waals surface area contributed by atoms with Crippen molar-refractivity contribution in [1.29, 1.82) is 0 Å². The second-order valence-corrected chi connectivity index (χ2v) is 5.60. The van der Waals surface area contributed by atoms with E-state index in [0.717, 1.165) is 16.5 Å². The molecule has 18 heavy (non-hydrogen) atoms. The highest BCUT2D eigenvalue weighted by Crippen LogP contribution is 2.18. The molecule has 96 valence electrons. The number of ketones is 1. The van der Waals surface area contributed by atoms with Gasteiger partial charge in [-0.1, -0.05) is 18.2 Å². The summed E-state index contributed by atoms with van der Waals surface area (Å²) < 4.78 is 0. The average Bonchev–Trinajstić information content (AvgIpc) is 2.70. The lowest BCUT2D eigenvalue weighted by molar-refractivity contribution is 0.0982. The van der Waals surface area contributed by atoms with Crippen LogP contribution in [0, 0.1) is 0 Å². The van der Waals surface area contributed by atoms with Gasteiger partial charge in [-0.15, -0.1) is 0 Å². The highest BCUT2D eigenvalue weighted by Gasteiger charge is 2.13. The summed E-state index contributed by atoms with van der Waals surface area (Å²) >= 11 is 0. The molecule has 2 N–H and O–H groups in total. The molecule has 2 aromatic rings.